The van der Waals surface area contributed by atoms with Crippen molar-refractivity contribution in [3.05, 3.63) is 88.5 Å². The topological polar surface area (TPSA) is 58.2 Å². The van der Waals surface area contributed by atoms with Gasteiger partial charge in [-0.3, -0.25) is 9.59 Å². The largest absolute Gasteiger partial charge is 0.347 e. The zero-order valence-corrected chi connectivity index (χ0v) is 14.5. The van der Waals surface area contributed by atoms with Gasteiger partial charge in [-0.25, -0.2) is 0 Å². The van der Waals surface area contributed by atoms with E-state index in [1.54, 1.807) is 30.4 Å². The molecule has 0 saturated heterocycles. The Bertz CT molecular complexity index is 770. The van der Waals surface area contributed by atoms with Crippen LogP contribution in [0.25, 0.3) is 6.08 Å². The fourth-order valence-electron chi connectivity index (χ4n) is 1.97. The van der Waals surface area contributed by atoms with Gasteiger partial charge in [0.05, 0.1) is 5.56 Å². The molecule has 0 radical (unpaired) electrons. The number of rotatable bonds is 6. The first-order valence-electron chi connectivity index (χ1n) is 7.33. The third-order valence-corrected chi connectivity index (χ3v) is 3.82. The van der Waals surface area contributed by atoms with Gasteiger partial charge in [-0.2, -0.15) is 0 Å². The Labute approximate surface area is 149 Å². The van der Waals surface area contributed by atoms with Crippen molar-refractivity contribution in [2.75, 3.05) is 6.54 Å². The fraction of sp³-hybridized carbons (Fsp3) is 0.0526. The van der Waals surface area contributed by atoms with Crippen LogP contribution < -0.4 is 10.6 Å². The van der Waals surface area contributed by atoms with Gasteiger partial charge in [0.2, 0.25) is 0 Å². The first-order chi connectivity index (χ1) is 11.6. The second kappa shape index (κ2) is 8.84. The second-order valence-electron chi connectivity index (χ2n) is 4.90. The van der Waals surface area contributed by atoms with E-state index < -0.39 is 0 Å². The van der Waals surface area contributed by atoms with Gasteiger partial charge in [-0.1, -0.05) is 48.5 Å². The van der Waals surface area contributed by atoms with Crippen molar-refractivity contribution in [3.8, 4) is 0 Å². The van der Waals surface area contributed by atoms with E-state index in [4.69, 9.17) is 0 Å². The first-order valence-corrected chi connectivity index (χ1v) is 8.13. The van der Waals surface area contributed by atoms with E-state index in [1.807, 2.05) is 36.4 Å². The van der Waals surface area contributed by atoms with Crippen molar-refractivity contribution >= 4 is 33.8 Å². The molecule has 2 rings (SSSR count). The predicted molar refractivity (Wildman–Crippen MR) is 99.2 cm³/mol. The van der Waals surface area contributed by atoms with Crippen LogP contribution in [0.3, 0.4) is 0 Å². The molecule has 0 heterocycles. The lowest BCUT2D eigenvalue weighted by atomic mass is 10.1. The summed E-state index contributed by atoms with van der Waals surface area (Å²) in [6.45, 7) is 3.88. The second-order valence-corrected chi connectivity index (χ2v) is 5.76. The molecule has 0 bridgehead atoms. The molecule has 2 aromatic carbocycles. The highest BCUT2D eigenvalue weighted by Gasteiger charge is 2.15. The number of hydrogen-bond donors (Lipinski definition) is 2. The van der Waals surface area contributed by atoms with Crippen LogP contribution in [0, 0.1) is 0 Å². The highest BCUT2D eigenvalue weighted by molar-refractivity contribution is 9.10. The molecule has 0 unspecified atom stereocenters. The van der Waals surface area contributed by atoms with Crippen molar-refractivity contribution in [2.45, 2.75) is 0 Å². The number of nitrogens with one attached hydrogen (secondary N) is 2. The molecule has 5 heteroatoms. The van der Waals surface area contributed by atoms with E-state index in [0.717, 1.165) is 5.56 Å². The molecule has 0 aliphatic carbocycles. The van der Waals surface area contributed by atoms with Crippen molar-refractivity contribution in [1.82, 2.24) is 10.6 Å². The summed E-state index contributed by atoms with van der Waals surface area (Å²) in [5.41, 5.74) is 1.44. The number of amides is 2. The third-order valence-electron chi connectivity index (χ3n) is 3.13. The number of carbonyl (C=O) groups excluding carboxylic acids is 2. The molecule has 0 saturated carbocycles. The highest BCUT2D eigenvalue weighted by Crippen LogP contribution is 2.16. The maximum atomic E-state index is 12.5. The van der Waals surface area contributed by atoms with E-state index in [0.29, 0.717) is 16.6 Å². The van der Waals surface area contributed by atoms with Crippen LogP contribution in [0.4, 0.5) is 0 Å². The van der Waals surface area contributed by atoms with Crippen LogP contribution in [0.15, 0.2) is 77.4 Å². The van der Waals surface area contributed by atoms with Crippen LogP contribution in [-0.4, -0.2) is 18.4 Å². The standard InChI is InChI=1S/C19H17BrN2O2/c1-2-12-21-19(24)17(13-14-8-4-3-5-9-14)22-18(23)15-10-6-7-11-16(15)20/h2-11,13H,1,12H2,(H,21,24)(H,22,23). The van der Waals surface area contributed by atoms with Gasteiger partial charge in [-0.15, -0.1) is 6.58 Å². The normalized spacial score (nSPS) is 10.8. The molecule has 4 nitrogen and oxygen atoms in total. The molecule has 2 aromatic rings. The van der Waals surface area contributed by atoms with Crippen LogP contribution >= 0.6 is 15.9 Å². The molecular weight excluding hydrogens is 368 g/mol. The van der Waals surface area contributed by atoms with Crippen LogP contribution in [0.5, 0.6) is 0 Å². The molecule has 0 atom stereocenters. The molecule has 24 heavy (non-hydrogen) atoms. The Morgan fingerprint density at radius 3 is 2.38 bits per heavy atom. The minimum atomic E-state index is -0.376. The smallest absolute Gasteiger partial charge is 0.268 e. The van der Waals surface area contributed by atoms with Gasteiger partial charge >= 0.3 is 0 Å². The predicted octanol–water partition coefficient (Wildman–Crippen LogP) is 3.52. The average Bonchev–Trinajstić information content (AvgIpc) is 2.60. The number of benzene rings is 2. The average molecular weight is 385 g/mol. The number of carbonyl (C=O) groups is 2. The fourth-order valence-corrected chi connectivity index (χ4v) is 2.43. The minimum absolute atomic E-state index is 0.170. The maximum Gasteiger partial charge on any atom is 0.268 e. The maximum absolute atomic E-state index is 12.5. The minimum Gasteiger partial charge on any atom is -0.347 e. The summed E-state index contributed by atoms with van der Waals surface area (Å²) in [5.74, 6) is -0.738. The molecule has 0 aliphatic rings. The summed E-state index contributed by atoms with van der Waals surface area (Å²) in [6.07, 6.45) is 3.21. The molecule has 2 N–H and O–H groups in total. The summed E-state index contributed by atoms with van der Waals surface area (Å²) >= 11 is 3.34. The van der Waals surface area contributed by atoms with Gasteiger partial charge in [0.1, 0.15) is 5.70 Å². The van der Waals surface area contributed by atoms with Gasteiger partial charge < -0.3 is 10.6 Å². The van der Waals surface area contributed by atoms with Crippen molar-refractivity contribution in [3.63, 3.8) is 0 Å². The molecule has 2 amide bonds. The van der Waals surface area contributed by atoms with E-state index in [2.05, 4.69) is 33.1 Å². The quantitative estimate of drug-likeness (QED) is 0.591. The van der Waals surface area contributed by atoms with Crippen LogP contribution in [-0.2, 0) is 4.79 Å². The Hall–Kier alpha value is -2.66. The summed E-state index contributed by atoms with van der Waals surface area (Å²) in [7, 11) is 0. The Balaban J connectivity index is 2.27. The summed E-state index contributed by atoms with van der Waals surface area (Å²) in [6, 6.07) is 16.3. The Morgan fingerprint density at radius 1 is 1.04 bits per heavy atom. The van der Waals surface area contributed by atoms with Gasteiger partial charge in [0.25, 0.3) is 11.8 Å². The monoisotopic (exact) mass is 384 g/mol. The Morgan fingerprint density at radius 2 is 1.71 bits per heavy atom. The first kappa shape index (κ1) is 17.7. The zero-order valence-electron chi connectivity index (χ0n) is 13.0. The number of halogens is 1. The SMILES string of the molecule is C=CCNC(=O)C(=Cc1ccccc1)NC(=O)c1ccccc1Br. The van der Waals surface area contributed by atoms with Crippen molar-refractivity contribution in [2.24, 2.45) is 0 Å². The highest BCUT2D eigenvalue weighted by atomic mass is 79.9. The number of hydrogen-bond acceptors (Lipinski definition) is 2. The van der Waals surface area contributed by atoms with E-state index in [1.165, 1.54) is 0 Å². The Kier molecular flexibility index (Phi) is 6.51. The summed E-state index contributed by atoms with van der Waals surface area (Å²) in [5, 5.41) is 5.35. The summed E-state index contributed by atoms with van der Waals surface area (Å²) < 4.78 is 0.660. The molecule has 0 aromatic heterocycles. The van der Waals surface area contributed by atoms with E-state index >= 15 is 0 Å². The lowest BCUT2D eigenvalue weighted by molar-refractivity contribution is -0.117. The van der Waals surface area contributed by atoms with Crippen molar-refractivity contribution < 1.29 is 9.59 Å². The summed E-state index contributed by atoms with van der Waals surface area (Å²) in [4.78, 5) is 24.8. The third kappa shape index (κ3) is 4.93. The van der Waals surface area contributed by atoms with Crippen LogP contribution in [0.2, 0.25) is 0 Å². The zero-order chi connectivity index (χ0) is 17.4. The molecular formula is C19H17BrN2O2. The lowest BCUT2D eigenvalue weighted by Gasteiger charge is -2.11. The molecule has 0 fully saturated rings. The van der Waals surface area contributed by atoms with E-state index in [9.17, 15) is 9.59 Å². The molecule has 122 valence electrons. The van der Waals surface area contributed by atoms with E-state index in [-0.39, 0.29) is 17.5 Å². The molecule has 0 aliphatic heterocycles. The van der Waals surface area contributed by atoms with Gasteiger partial charge in [-0.05, 0) is 39.7 Å². The van der Waals surface area contributed by atoms with Crippen LogP contribution in [0.1, 0.15) is 15.9 Å². The van der Waals surface area contributed by atoms with Gasteiger partial charge in [0, 0.05) is 11.0 Å². The lowest BCUT2D eigenvalue weighted by Crippen LogP contribution is -2.35. The van der Waals surface area contributed by atoms with Gasteiger partial charge in [0.15, 0.2) is 0 Å². The molecule has 0 spiro atoms. The van der Waals surface area contributed by atoms with Crippen molar-refractivity contribution in [1.29, 1.82) is 0 Å².